The Morgan fingerprint density at radius 3 is 2.32 bits per heavy atom. The highest BCUT2D eigenvalue weighted by Crippen LogP contribution is 2.15. The summed E-state index contributed by atoms with van der Waals surface area (Å²) in [6, 6.07) is 5.21. The molecule has 0 atom stereocenters. The van der Waals surface area contributed by atoms with E-state index in [-0.39, 0.29) is 13.0 Å². The van der Waals surface area contributed by atoms with E-state index < -0.39 is 18.1 Å². The summed E-state index contributed by atoms with van der Waals surface area (Å²) in [5, 5.41) is 8.33. The molecule has 0 aromatic carbocycles. The van der Waals surface area contributed by atoms with Crippen molar-refractivity contribution < 1.29 is 32.6 Å². The van der Waals surface area contributed by atoms with Gasteiger partial charge in [0, 0.05) is 6.20 Å². The number of carboxylic acids is 1. The van der Waals surface area contributed by atoms with Gasteiger partial charge in [0.25, 0.3) is 0 Å². The number of rotatable bonds is 3. The molecule has 0 saturated heterocycles. The van der Waals surface area contributed by atoms with Crippen molar-refractivity contribution in [1.82, 2.24) is 4.98 Å². The minimum absolute atomic E-state index is 0.000833. The minimum atomic E-state index is -4.85. The molecule has 0 fully saturated rings. The molecule has 0 saturated carbocycles. The first-order valence-corrected chi connectivity index (χ1v) is 5.13. The minimum Gasteiger partial charge on any atom is -0.481 e. The fourth-order valence-corrected chi connectivity index (χ4v) is 0.871. The normalized spacial score (nSPS) is 10.1. The van der Waals surface area contributed by atoms with E-state index in [0.717, 1.165) is 0 Å². The Balaban J connectivity index is 0.000000344. The molecule has 1 aromatic heterocycles. The standard InChI is InChI=1S/C7H7NO2.C4H5F3O2/c9-7(10)5-6-3-1-2-4-8-6;1-2-9-3(8)4(5,6)7/h1-4H,5H2,(H,9,10);2H2,1H3. The van der Waals surface area contributed by atoms with Crippen LogP contribution in [-0.4, -0.2) is 34.8 Å². The van der Waals surface area contributed by atoms with Gasteiger partial charge in [0.05, 0.1) is 18.7 Å². The van der Waals surface area contributed by atoms with Gasteiger partial charge in [-0.1, -0.05) is 6.07 Å². The molecule has 1 aromatic rings. The van der Waals surface area contributed by atoms with Crippen LogP contribution < -0.4 is 0 Å². The van der Waals surface area contributed by atoms with Gasteiger partial charge in [0.1, 0.15) is 0 Å². The summed E-state index contributed by atoms with van der Waals surface area (Å²) in [7, 11) is 0. The third kappa shape index (κ3) is 8.58. The number of carboxylic acid groups (broad SMARTS) is 1. The molecule has 0 bridgehead atoms. The molecule has 0 aliphatic heterocycles. The lowest BCUT2D eigenvalue weighted by Gasteiger charge is -2.02. The monoisotopic (exact) mass is 279 g/mol. The maximum atomic E-state index is 11.2. The first kappa shape index (κ1) is 16.9. The molecule has 0 unspecified atom stereocenters. The summed E-state index contributed by atoms with van der Waals surface area (Å²) < 4.78 is 37.1. The zero-order valence-corrected chi connectivity index (χ0v) is 9.98. The van der Waals surface area contributed by atoms with Crippen LogP contribution in [0.5, 0.6) is 0 Å². The Labute approximate surface area is 107 Å². The fraction of sp³-hybridized carbons (Fsp3) is 0.364. The Hall–Kier alpha value is -2.12. The molecule has 0 spiro atoms. The molecule has 19 heavy (non-hydrogen) atoms. The van der Waals surface area contributed by atoms with Gasteiger partial charge in [-0.25, -0.2) is 4.79 Å². The quantitative estimate of drug-likeness (QED) is 0.854. The van der Waals surface area contributed by atoms with Crippen molar-refractivity contribution in [3.05, 3.63) is 30.1 Å². The first-order valence-electron chi connectivity index (χ1n) is 5.13. The molecule has 0 radical (unpaired) electrons. The van der Waals surface area contributed by atoms with Crippen molar-refractivity contribution in [3.63, 3.8) is 0 Å². The third-order valence-corrected chi connectivity index (χ3v) is 1.57. The highest BCUT2D eigenvalue weighted by molar-refractivity contribution is 5.75. The molecular weight excluding hydrogens is 267 g/mol. The van der Waals surface area contributed by atoms with Gasteiger partial charge in [0.15, 0.2) is 0 Å². The number of alkyl halides is 3. The smallest absolute Gasteiger partial charge is 0.481 e. The number of nitrogens with zero attached hydrogens (tertiary/aromatic N) is 1. The Morgan fingerprint density at radius 2 is 2.00 bits per heavy atom. The molecule has 5 nitrogen and oxygen atoms in total. The van der Waals surface area contributed by atoms with E-state index in [0.29, 0.717) is 5.69 Å². The molecule has 106 valence electrons. The van der Waals surface area contributed by atoms with Gasteiger partial charge in [-0.2, -0.15) is 13.2 Å². The summed E-state index contributed by atoms with van der Waals surface area (Å²) in [4.78, 5) is 23.7. The molecule has 1 rings (SSSR count). The molecule has 0 amide bonds. The van der Waals surface area contributed by atoms with E-state index in [1.807, 2.05) is 0 Å². The van der Waals surface area contributed by atoms with Crippen LogP contribution in [0.4, 0.5) is 13.2 Å². The van der Waals surface area contributed by atoms with Gasteiger partial charge >= 0.3 is 18.1 Å². The van der Waals surface area contributed by atoms with E-state index >= 15 is 0 Å². The van der Waals surface area contributed by atoms with Gasteiger partial charge in [-0.15, -0.1) is 0 Å². The Bertz CT molecular complexity index is 406. The zero-order chi connectivity index (χ0) is 14.9. The van der Waals surface area contributed by atoms with Gasteiger partial charge < -0.3 is 9.84 Å². The van der Waals surface area contributed by atoms with E-state index in [9.17, 15) is 22.8 Å². The number of ether oxygens (including phenoxy) is 1. The molecule has 0 aliphatic rings. The second-order valence-electron chi connectivity index (χ2n) is 3.11. The predicted octanol–water partition coefficient (Wildman–Crippen LogP) is 1.82. The van der Waals surface area contributed by atoms with Crippen molar-refractivity contribution in [2.24, 2.45) is 0 Å². The fourth-order valence-electron chi connectivity index (χ4n) is 0.871. The molecule has 0 aliphatic carbocycles. The number of aromatic nitrogens is 1. The van der Waals surface area contributed by atoms with Crippen LogP contribution in [0.25, 0.3) is 0 Å². The van der Waals surface area contributed by atoms with E-state index in [1.165, 1.54) is 6.92 Å². The van der Waals surface area contributed by atoms with Crippen LogP contribution in [0.3, 0.4) is 0 Å². The average Bonchev–Trinajstić information content (AvgIpc) is 2.29. The van der Waals surface area contributed by atoms with Crippen molar-refractivity contribution >= 4 is 11.9 Å². The third-order valence-electron chi connectivity index (χ3n) is 1.57. The van der Waals surface area contributed by atoms with Crippen LogP contribution >= 0.6 is 0 Å². The first-order chi connectivity index (χ1) is 8.77. The predicted molar refractivity (Wildman–Crippen MR) is 58.3 cm³/mol. The van der Waals surface area contributed by atoms with Crippen LogP contribution in [-0.2, 0) is 20.7 Å². The lowest BCUT2D eigenvalue weighted by atomic mass is 10.3. The summed E-state index contributed by atoms with van der Waals surface area (Å²) in [5.41, 5.74) is 0.593. The summed E-state index contributed by atoms with van der Waals surface area (Å²) in [6.45, 7) is 1.06. The van der Waals surface area contributed by atoms with Crippen LogP contribution in [0, 0.1) is 0 Å². The SMILES string of the molecule is CCOC(=O)C(F)(F)F.O=C(O)Cc1ccccn1. The average molecular weight is 279 g/mol. The molecule has 1 heterocycles. The summed E-state index contributed by atoms with van der Waals surface area (Å²) in [5.74, 6) is -2.98. The number of pyridine rings is 1. The second kappa shape index (κ2) is 8.06. The summed E-state index contributed by atoms with van der Waals surface area (Å²) >= 11 is 0. The lowest BCUT2D eigenvalue weighted by Crippen LogP contribution is -2.25. The second-order valence-corrected chi connectivity index (χ2v) is 3.11. The van der Waals surface area contributed by atoms with Gasteiger partial charge in [-0.3, -0.25) is 9.78 Å². The topological polar surface area (TPSA) is 76.5 Å². The van der Waals surface area contributed by atoms with E-state index in [1.54, 1.807) is 24.4 Å². The number of esters is 1. The maximum absolute atomic E-state index is 11.2. The zero-order valence-electron chi connectivity index (χ0n) is 9.98. The van der Waals surface area contributed by atoms with E-state index in [4.69, 9.17) is 5.11 Å². The lowest BCUT2D eigenvalue weighted by molar-refractivity contribution is -0.199. The van der Waals surface area contributed by atoms with Crippen molar-refractivity contribution in [2.45, 2.75) is 19.5 Å². The number of halogens is 3. The van der Waals surface area contributed by atoms with Crippen molar-refractivity contribution in [3.8, 4) is 0 Å². The van der Waals surface area contributed by atoms with E-state index in [2.05, 4.69) is 9.72 Å². The molecule has 8 heteroatoms. The largest absolute Gasteiger partial charge is 0.490 e. The Kier molecular flexibility index (Phi) is 7.16. The van der Waals surface area contributed by atoms with Gasteiger partial charge in [-0.05, 0) is 19.1 Å². The van der Waals surface area contributed by atoms with Crippen molar-refractivity contribution in [2.75, 3.05) is 6.61 Å². The molecular formula is C11H12F3NO4. The number of hydrogen-bond acceptors (Lipinski definition) is 4. The van der Waals surface area contributed by atoms with Crippen LogP contribution in [0.1, 0.15) is 12.6 Å². The molecule has 1 N–H and O–H groups in total. The van der Waals surface area contributed by atoms with Crippen molar-refractivity contribution in [1.29, 1.82) is 0 Å². The highest BCUT2D eigenvalue weighted by Gasteiger charge is 2.40. The van der Waals surface area contributed by atoms with Crippen LogP contribution in [0.2, 0.25) is 0 Å². The highest BCUT2D eigenvalue weighted by atomic mass is 19.4. The number of carbonyl (C=O) groups is 2. The maximum Gasteiger partial charge on any atom is 0.490 e. The Morgan fingerprint density at radius 1 is 1.37 bits per heavy atom. The summed E-state index contributed by atoms with van der Waals surface area (Å²) in [6.07, 6.45) is -3.27. The van der Waals surface area contributed by atoms with Crippen LogP contribution in [0.15, 0.2) is 24.4 Å². The number of carbonyl (C=O) groups excluding carboxylic acids is 1. The number of aliphatic carboxylic acids is 1. The van der Waals surface area contributed by atoms with Gasteiger partial charge in [0.2, 0.25) is 0 Å². The number of hydrogen-bond donors (Lipinski definition) is 1.